The number of hydrogen-bond acceptors (Lipinski definition) is 1. The van der Waals surface area contributed by atoms with Crippen molar-refractivity contribution in [2.75, 3.05) is 0 Å². The molecule has 0 aromatic carbocycles. The average Bonchev–Trinajstić information content (AvgIpc) is 2.79. The number of nitrogens with zero attached hydrogens (tertiary/aromatic N) is 4. The molecule has 5 heteroatoms. The maximum atomic E-state index is 4.03. The standard InChI is InChI=1S/C9H13N4S/c1-3-14(12-5-4-10-8-12)13-7-6-11(2)9-13/h3-9,14H,1H2,2H3/q+1. The smallest absolute Gasteiger partial charge is 0.255 e. The van der Waals surface area contributed by atoms with E-state index in [1.54, 1.807) is 6.20 Å². The summed E-state index contributed by atoms with van der Waals surface area (Å²) >= 11 is -0.577. The molecular weight excluding hydrogens is 196 g/mol. The molecule has 0 spiro atoms. The number of aromatic nitrogens is 4. The predicted molar refractivity (Wildman–Crippen MR) is 57.8 cm³/mol. The van der Waals surface area contributed by atoms with E-state index in [9.17, 15) is 0 Å². The van der Waals surface area contributed by atoms with Gasteiger partial charge in [-0.25, -0.2) is 9.55 Å². The Kier molecular flexibility index (Phi) is 2.41. The third-order valence-electron chi connectivity index (χ3n) is 1.88. The molecule has 2 heterocycles. The van der Waals surface area contributed by atoms with Crippen molar-refractivity contribution in [2.45, 2.75) is 0 Å². The summed E-state index contributed by atoms with van der Waals surface area (Å²) in [5, 5.41) is 1.94. The maximum Gasteiger partial charge on any atom is 0.255 e. The van der Waals surface area contributed by atoms with E-state index in [0.717, 1.165) is 0 Å². The molecule has 2 rings (SSSR count). The fourth-order valence-corrected chi connectivity index (χ4v) is 2.68. The first-order valence-electron chi connectivity index (χ1n) is 4.25. The SMILES string of the molecule is C=C[SH](n1ccnc1)n1cc[n+](C)c1. The minimum atomic E-state index is -0.577. The van der Waals surface area contributed by atoms with Gasteiger partial charge in [-0.3, -0.25) is 3.97 Å². The molecule has 14 heavy (non-hydrogen) atoms. The quantitative estimate of drug-likeness (QED) is 0.589. The van der Waals surface area contributed by atoms with Crippen molar-refractivity contribution in [2.24, 2.45) is 7.05 Å². The number of hydrogen-bond donors (Lipinski definition) is 1. The van der Waals surface area contributed by atoms with Gasteiger partial charge in [0.15, 0.2) is 0 Å². The highest BCUT2D eigenvalue weighted by atomic mass is 32.2. The zero-order chi connectivity index (χ0) is 9.97. The van der Waals surface area contributed by atoms with Gasteiger partial charge in [0.2, 0.25) is 0 Å². The van der Waals surface area contributed by atoms with Crippen LogP contribution in [0.25, 0.3) is 0 Å². The molecule has 0 N–H and O–H groups in total. The highest BCUT2D eigenvalue weighted by Crippen LogP contribution is 2.28. The number of aryl methyl sites for hydroxylation is 1. The van der Waals surface area contributed by atoms with E-state index < -0.39 is 11.3 Å². The van der Waals surface area contributed by atoms with Crippen LogP contribution in [0.4, 0.5) is 0 Å². The van der Waals surface area contributed by atoms with Gasteiger partial charge in [-0.05, 0) is 16.7 Å². The largest absolute Gasteiger partial charge is 0.265 e. The molecule has 74 valence electrons. The van der Waals surface area contributed by atoms with Crippen molar-refractivity contribution in [1.82, 2.24) is 12.9 Å². The Balaban J connectivity index is 2.35. The van der Waals surface area contributed by atoms with Gasteiger partial charge in [-0.1, -0.05) is 6.58 Å². The molecule has 0 amide bonds. The fraction of sp³-hybridized carbons (Fsp3) is 0.111. The molecule has 0 radical (unpaired) electrons. The van der Waals surface area contributed by atoms with Gasteiger partial charge in [0, 0.05) is 12.4 Å². The molecule has 4 nitrogen and oxygen atoms in total. The number of thiol groups is 1. The summed E-state index contributed by atoms with van der Waals surface area (Å²) in [7, 11) is 2.00. The maximum absolute atomic E-state index is 4.03. The molecule has 0 saturated heterocycles. The molecule has 1 unspecified atom stereocenters. The van der Waals surface area contributed by atoms with E-state index >= 15 is 0 Å². The zero-order valence-electron chi connectivity index (χ0n) is 7.98. The first kappa shape index (κ1) is 9.08. The van der Waals surface area contributed by atoms with Crippen molar-refractivity contribution in [1.29, 1.82) is 0 Å². The third-order valence-corrected chi connectivity index (χ3v) is 3.63. The Morgan fingerprint density at radius 3 is 2.79 bits per heavy atom. The second-order valence-electron chi connectivity index (χ2n) is 2.90. The monoisotopic (exact) mass is 209 g/mol. The highest BCUT2D eigenvalue weighted by Gasteiger charge is 2.08. The zero-order valence-corrected chi connectivity index (χ0v) is 8.88. The van der Waals surface area contributed by atoms with E-state index in [1.807, 2.05) is 48.3 Å². The van der Waals surface area contributed by atoms with Gasteiger partial charge < -0.3 is 0 Å². The molecule has 0 fully saturated rings. The van der Waals surface area contributed by atoms with E-state index in [1.165, 1.54) is 0 Å². The fourth-order valence-electron chi connectivity index (χ4n) is 1.24. The van der Waals surface area contributed by atoms with Crippen LogP contribution in [0.2, 0.25) is 0 Å². The van der Waals surface area contributed by atoms with Gasteiger partial charge in [0.25, 0.3) is 6.33 Å². The molecule has 0 aliphatic rings. The Morgan fingerprint density at radius 2 is 2.29 bits per heavy atom. The Bertz CT molecular complexity index is 418. The Labute approximate surface area is 85.7 Å². The number of rotatable bonds is 3. The lowest BCUT2D eigenvalue weighted by Gasteiger charge is -2.13. The average molecular weight is 209 g/mol. The molecule has 0 saturated carbocycles. The summed E-state index contributed by atoms with van der Waals surface area (Å²) in [6, 6.07) is 0. The van der Waals surface area contributed by atoms with Crippen molar-refractivity contribution < 1.29 is 4.57 Å². The van der Waals surface area contributed by atoms with Crippen molar-refractivity contribution in [3.63, 3.8) is 0 Å². The van der Waals surface area contributed by atoms with Crippen LogP contribution in [-0.4, -0.2) is 12.9 Å². The summed E-state index contributed by atoms with van der Waals surface area (Å²) in [5.41, 5.74) is 0. The summed E-state index contributed by atoms with van der Waals surface area (Å²) in [4.78, 5) is 4.03. The first-order chi connectivity index (χ1) is 6.81. The minimum Gasteiger partial charge on any atom is -0.265 e. The molecule has 2 aromatic rings. The summed E-state index contributed by atoms with van der Waals surface area (Å²) in [6.07, 6.45) is 11.6. The summed E-state index contributed by atoms with van der Waals surface area (Å²) in [6.45, 7) is 3.85. The summed E-state index contributed by atoms with van der Waals surface area (Å²) in [5.74, 6) is 0. The second-order valence-corrected chi connectivity index (χ2v) is 4.83. The molecule has 1 atom stereocenters. The van der Waals surface area contributed by atoms with Crippen LogP contribution in [0.15, 0.2) is 49.4 Å². The molecule has 0 aliphatic heterocycles. The normalized spacial score (nSPS) is 13.9. The van der Waals surface area contributed by atoms with Crippen LogP contribution >= 0.6 is 11.3 Å². The van der Waals surface area contributed by atoms with E-state index in [0.29, 0.717) is 0 Å². The topological polar surface area (TPSA) is 26.6 Å². The van der Waals surface area contributed by atoms with Crippen LogP contribution in [0.3, 0.4) is 0 Å². The lowest BCUT2D eigenvalue weighted by atomic mass is 10.9. The molecular formula is C9H13N4S+. The molecule has 0 bridgehead atoms. The van der Waals surface area contributed by atoms with Crippen LogP contribution in [0.5, 0.6) is 0 Å². The van der Waals surface area contributed by atoms with Crippen LogP contribution in [0, 0.1) is 0 Å². The van der Waals surface area contributed by atoms with E-state index in [4.69, 9.17) is 0 Å². The van der Waals surface area contributed by atoms with Gasteiger partial charge in [-0.15, -0.1) is 0 Å². The van der Waals surface area contributed by atoms with Gasteiger partial charge in [0.05, 0.1) is 7.05 Å². The van der Waals surface area contributed by atoms with Crippen molar-refractivity contribution >= 4 is 11.3 Å². The molecule has 2 aromatic heterocycles. The van der Waals surface area contributed by atoms with Crippen LogP contribution in [0.1, 0.15) is 0 Å². The first-order valence-corrected chi connectivity index (χ1v) is 5.56. The van der Waals surface area contributed by atoms with Gasteiger partial charge in [0.1, 0.15) is 18.7 Å². The predicted octanol–water partition coefficient (Wildman–Crippen LogP) is 0.880. The van der Waals surface area contributed by atoms with Crippen LogP contribution < -0.4 is 4.57 Å². The Morgan fingerprint density at radius 1 is 1.43 bits per heavy atom. The van der Waals surface area contributed by atoms with Gasteiger partial charge >= 0.3 is 0 Å². The third kappa shape index (κ3) is 1.58. The second kappa shape index (κ2) is 3.71. The lowest BCUT2D eigenvalue weighted by Crippen LogP contribution is -2.23. The highest BCUT2D eigenvalue weighted by molar-refractivity contribution is 8.16. The number of imidazole rings is 2. The van der Waals surface area contributed by atoms with Crippen LogP contribution in [-0.2, 0) is 7.05 Å². The molecule has 0 aliphatic carbocycles. The lowest BCUT2D eigenvalue weighted by molar-refractivity contribution is -0.670. The Hall–Kier alpha value is -1.49. The summed E-state index contributed by atoms with van der Waals surface area (Å²) < 4.78 is 6.20. The van der Waals surface area contributed by atoms with Crippen molar-refractivity contribution in [3.05, 3.63) is 49.4 Å². The van der Waals surface area contributed by atoms with Crippen molar-refractivity contribution in [3.8, 4) is 0 Å². The van der Waals surface area contributed by atoms with Gasteiger partial charge in [-0.2, -0.15) is 3.97 Å². The minimum absolute atomic E-state index is 0.577. The van der Waals surface area contributed by atoms with E-state index in [2.05, 4.69) is 19.5 Å². The van der Waals surface area contributed by atoms with E-state index in [-0.39, 0.29) is 0 Å².